The topological polar surface area (TPSA) is 81.1 Å². The molecule has 2 aromatic rings. The third-order valence-electron chi connectivity index (χ3n) is 3.59. The molecule has 0 radical (unpaired) electrons. The first-order chi connectivity index (χ1) is 11.3. The average Bonchev–Trinajstić information content (AvgIpc) is 3.21. The largest absolute Gasteiger partial charge is 0.492 e. The van der Waals surface area contributed by atoms with Gasteiger partial charge < -0.3 is 15.4 Å². The molecule has 7 nitrogen and oxygen atoms in total. The lowest BCUT2D eigenvalue weighted by Crippen LogP contribution is -2.29. The number of carbonyl (C=O) groups is 1. The minimum atomic E-state index is -0.0367. The van der Waals surface area contributed by atoms with E-state index in [1.807, 2.05) is 24.3 Å². The van der Waals surface area contributed by atoms with Crippen molar-refractivity contribution in [1.82, 2.24) is 20.1 Å². The number of carbonyl (C=O) groups excluding carboxylic acids is 1. The van der Waals surface area contributed by atoms with Crippen LogP contribution in [0.15, 0.2) is 36.9 Å². The third-order valence-corrected chi connectivity index (χ3v) is 3.59. The van der Waals surface area contributed by atoms with Crippen LogP contribution in [0.25, 0.3) is 0 Å². The van der Waals surface area contributed by atoms with E-state index in [4.69, 9.17) is 4.74 Å². The van der Waals surface area contributed by atoms with Gasteiger partial charge in [0.1, 0.15) is 25.0 Å². The zero-order valence-corrected chi connectivity index (χ0v) is 12.9. The van der Waals surface area contributed by atoms with Gasteiger partial charge >= 0.3 is 0 Å². The summed E-state index contributed by atoms with van der Waals surface area (Å²) in [5, 5.41) is 10.1. The zero-order chi connectivity index (χ0) is 15.9. The van der Waals surface area contributed by atoms with Crippen molar-refractivity contribution in [3.8, 4) is 5.75 Å². The summed E-state index contributed by atoms with van der Waals surface area (Å²) in [6.45, 7) is 2.39. The molecule has 0 spiro atoms. The van der Waals surface area contributed by atoms with Crippen molar-refractivity contribution in [2.24, 2.45) is 5.92 Å². The summed E-state index contributed by atoms with van der Waals surface area (Å²) in [6.07, 6.45) is 5.70. The highest BCUT2D eigenvalue weighted by Gasteiger charge is 2.20. The Hall–Kier alpha value is -2.41. The second-order valence-electron chi connectivity index (χ2n) is 5.66. The molecule has 1 saturated carbocycles. The Balaban J connectivity index is 1.41. The average molecular weight is 315 g/mol. The fourth-order valence-corrected chi connectivity index (χ4v) is 2.19. The van der Waals surface area contributed by atoms with Crippen LogP contribution < -0.4 is 15.4 Å². The second kappa shape index (κ2) is 7.73. The Bertz CT molecular complexity index is 625. The standard InChI is InChI=1S/C16H21N5O2/c22-16(10-17-9-13-4-5-13)20-14-2-1-3-15(8-14)23-7-6-21-12-18-11-19-21/h1-3,8,11-13,17H,4-7,9-10H2,(H,20,22). The van der Waals surface area contributed by atoms with Crippen LogP contribution in [-0.4, -0.2) is 40.4 Å². The van der Waals surface area contributed by atoms with Crippen molar-refractivity contribution in [1.29, 1.82) is 0 Å². The molecule has 23 heavy (non-hydrogen) atoms. The van der Waals surface area contributed by atoms with Crippen molar-refractivity contribution in [2.75, 3.05) is 25.0 Å². The van der Waals surface area contributed by atoms with Gasteiger partial charge in [-0.25, -0.2) is 9.67 Å². The Morgan fingerprint density at radius 2 is 2.30 bits per heavy atom. The summed E-state index contributed by atoms with van der Waals surface area (Å²) in [5.41, 5.74) is 0.737. The fourth-order valence-electron chi connectivity index (χ4n) is 2.19. The lowest BCUT2D eigenvalue weighted by atomic mass is 10.3. The number of nitrogens with one attached hydrogen (secondary N) is 2. The smallest absolute Gasteiger partial charge is 0.238 e. The second-order valence-corrected chi connectivity index (χ2v) is 5.66. The summed E-state index contributed by atoms with van der Waals surface area (Å²) in [6, 6.07) is 7.39. The number of amides is 1. The van der Waals surface area contributed by atoms with Gasteiger partial charge in [0.05, 0.1) is 13.1 Å². The van der Waals surface area contributed by atoms with Crippen molar-refractivity contribution in [3.05, 3.63) is 36.9 Å². The van der Waals surface area contributed by atoms with Crippen LogP contribution in [0, 0.1) is 5.92 Å². The van der Waals surface area contributed by atoms with E-state index < -0.39 is 0 Å². The Morgan fingerprint density at radius 1 is 1.39 bits per heavy atom. The van der Waals surface area contributed by atoms with Gasteiger partial charge in [-0.15, -0.1) is 0 Å². The van der Waals surface area contributed by atoms with E-state index in [2.05, 4.69) is 20.7 Å². The van der Waals surface area contributed by atoms with E-state index in [-0.39, 0.29) is 5.91 Å². The molecule has 1 amide bonds. The van der Waals surface area contributed by atoms with E-state index in [9.17, 15) is 4.79 Å². The molecule has 2 N–H and O–H groups in total. The lowest BCUT2D eigenvalue weighted by molar-refractivity contribution is -0.115. The van der Waals surface area contributed by atoms with Crippen molar-refractivity contribution in [3.63, 3.8) is 0 Å². The molecule has 1 fully saturated rings. The molecule has 7 heteroatoms. The Kier molecular flexibility index (Phi) is 5.21. The van der Waals surface area contributed by atoms with E-state index in [1.54, 1.807) is 11.0 Å². The van der Waals surface area contributed by atoms with Gasteiger partial charge in [-0.3, -0.25) is 4.79 Å². The van der Waals surface area contributed by atoms with Crippen LogP contribution in [0.3, 0.4) is 0 Å². The molecule has 0 saturated heterocycles. The third kappa shape index (κ3) is 5.37. The maximum absolute atomic E-state index is 11.9. The molecule has 0 aliphatic heterocycles. The maximum Gasteiger partial charge on any atom is 0.238 e. The molecule has 1 aliphatic carbocycles. The van der Waals surface area contributed by atoms with Crippen LogP contribution in [0.1, 0.15) is 12.8 Å². The number of ether oxygens (including phenoxy) is 1. The predicted octanol–water partition coefficient (Wildman–Crippen LogP) is 1.30. The maximum atomic E-state index is 11.9. The quantitative estimate of drug-likeness (QED) is 0.729. The van der Waals surface area contributed by atoms with E-state index in [0.717, 1.165) is 18.2 Å². The fraction of sp³-hybridized carbons (Fsp3) is 0.438. The zero-order valence-electron chi connectivity index (χ0n) is 12.9. The van der Waals surface area contributed by atoms with Gasteiger partial charge in [0.2, 0.25) is 5.91 Å². The number of rotatable bonds is 9. The Morgan fingerprint density at radius 3 is 3.09 bits per heavy atom. The summed E-state index contributed by atoms with van der Waals surface area (Å²) in [5.74, 6) is 1.45. The van der Waals surface area contributed by atoms with E-state index in [1.165, 1.54) is 19.2 Å². The SMILES string of the molecule is O=C(CNCC1CC1)Nc1cccc(OCCn2cncn2)c1. The van der Waals surface area contributed by atoms with Gasteiger partial charge in [0, 0.05) is 11.8 Å². The molecule has 122 valence electrons. The molecule has 0 unspecified atom stereocenters. The number of anilines is 1. The minimum absolute atomic E-state index is 0.0367. The number of nitrogens with zero attached hydrogens (tertiary/aromatic N) is 3. The molecule has 1 aliphatic rings. The first-order valence-corrected chi connectivity index (χ1v) is 7.85. The molecule has 1 heterocycles. The first-order valence-electron chi connectivity index (χ1n) is 7.85. The normalized spacial score (nSPS) is 13.7. The van der Waals surface area contributed by atoms with Crippen LogP contribution in [0.5, 0.6) is 5.75 Å². The van der Waals surface area contributed by atoms with Gasteiger partial charge in [-0.1, -0.05) is 6.07 Å². The summed E-state index contributed by atoms with van der Waals surface area (Å²) < 4.78 is 7.37. The predicted molar refractivity (Wildman–Crippen MR) is 86.2 cm³/mol. The number of hydrogen-bond acceptors (Lipinski definition) is 5. The highest BCUT2D eigenvalue weighted by Crippen LogP contribution is 2.27. The van der Waals surface area contributed by atoms with Gasteiger partial charge in [-0.05, 0) is 37.4 Å². The van der Waals surface area contributed by atoms with Gasteiger partial charge in [0.15, 0.2) is 0 Å². The van der Waals surface area contributed by atoms with Crippen molar-refractivity contribution >= 4 is 11.6 Å². The lowest BCUT2D eigenvalue weighted by Gasteiger charge is -2.09. The molecular formula is C16H21N5O2. The first kappa shape index (κ1) is 15.5. The number of benzene rings is 1. The summed E-state index contributed by atoms with van der Waals surface area (Å²) in [7, 11) is 0. The summed E-state index contributed by atoms with van der Waals surface area (Å²) >= 11 is 0. The molecular weight excluding hydrogens is 294 g/mol. The molecule has 1 aromatic heterocycles. The summed E-state index contributed by atoms with van der Waals surface area (Å²) in [4.78, 5) is 15.7. The highest BCUT2D eigenvalue weighted by atomic mass is 16.5. The van der Waals surface area contributed by atoms with Gasteiger partial charge in [-0.2, -0.15) is 5.10 Å². The van der Waals surface area contributed by atoms with E-state index in [0.29, 0.717) is 25.4 Å². The van der Waals surface area contributed by atoms with E-state index >= 15 is 0 Å². The molecule has 0 bridgehead atoms. The number of aromatic nitrogens is 3. The minimum Gasteiger partial charge on any atom is -0.492 e. The van der Waals surface area contributed by atoms with Crippen LogP contribution in [0.2, 0.25) is 0 Å². The van der Waals surface area contributed by atoms with Crippen LogP contribution >= 0.6 is 0 Å². The monoisotopic (exact) mass is 315 g/mol. The van der Waals surface area contributed by atoms with Crippen LogP contribution in [-0.2, 0) is 11.3 Å². The number of hydrogen-bond donors (Lipinski definition) is 2. The van der Waals surface area contributed by atoms with Crippen molar-refractivity contribution < 1.29 is 9.53 Å². The van der Waals surface area contributed by atoms with Crippen molar-refractivity contribution in [2.45, 2.75) is 19.4 Å². The highest BCUT2D eigenvalue weighted by molar-refractivity contribution is 5.92. The Labute approximate surface area is 135 Å². The molecule has 0 atom stereocenters. The molecule has 3 rings (SSSR count). The van der Waals surface area contributed by atoms with Crippen LogP contribution in [0.4, 0.5) is 5.69 Å². The van der Waals surface area contributed by atoms with Gasteiger partial charge in [0.25, 0.3) is 0 Å². The molecule has 1 aromatic carbocycles.